The highest BCUT2D eigenvalue weighted by molar-refractivity contribution is 6.34. The molecule has 2 aliphatic carbocycles. The molecule has 19 heavy (non-hydrogen) atoms. The van der Waals surface area contributed by atoms with Crippen molar-refractivity contribution >= 4 is 11.6 Å². The Bertz CT molecular complexity index is 673. The molecule has 0 aromatic heterocycles. The molecule has 0 N–H and O–H groups in total. The van der Waals surface area contributed by atoms with Crippen molar-refractivity contribution in [3.05, 3.63) is 65.7 Å². The summed E-state index contributed by atoms with van der Waals surface area (Å²) in [6.45, 7) is 0. The molecule has 1 aromatic rings. The van der Waals surface area contributed by atoms with Crippen molar-refractivity contribution in [3.8, 4) is 28.0 Å². The van der Waals surface area contributed by atoms with Gasteiger partial charge in [0.1, 0.15) is 5.75 Å². The van der Waals surface area contributed by atoms with Crippen molar-refractivity contribution in [3.63, 3.8) is 0 Å². The van der Waals surface area contributed by atoms with Gasteiger partial charge < -0.3 is 4.74 Å². The van der Waals surface area contributed by atoms with Crippen molar-refractivity contribution in [1.82, 2.24) is 0 Å². The molecule has 0 radical (unpaired) electrons. The third-order valence-electron chi connectivity index (χ3n) is 3.26. The van der Waals surface area contributed by atoms with Gasteiger partial charge in [-0.15, -0.1) is 0 Å². The third kappa shape index (κ3) is 2.18. The van der Waals surface area contributed by atoms with Crippen LogP contribution in [0.5, 0.6) is 5.75 Å². The van der Waals surface area contributed by atoms with Gasteiger partial charge in [0, 0.05) is 10.6 Å². The minimum atomic E-state index is 0.789. The summed E-state index contributed by atoms with van der Waals surface area (Å²) in [6, 6.07) is 20.2. The minimum Gasteiger partial charge on any atom is -0.497 e. The molecule has 0 saturated heterocycles. The van der Waals surface area contributed by atoms with Gasteiger partial charge in [-0.1, -0.05) is 54.1 Å². The van der Waals surface area contributed by atoms with Gasteiger partial charge in [-0.05, 0) is 34.9 Å². The summed E-state index contributed by atoms with van der Waals surface area (Å²) in [5.41, 5.74) is 4.54. The van der Waals surface area contributed by atoms with Gasteiger partial charge in [-0.2, -0.15) is 0 Å². The SMILES string of the molecule is COc1ccc(-c2cc(Cl)c3cccccc2-3)cc1. The topological polar surface area (TPSA) is 9.23 Å². The summed E-state index contributed by atoms with van der Waals surface area (Å²) in [7, 11) is 1.67. The lowest BCUT2D eigenvalue weighted by atomic mass is 10.0. The van der Waals surface area contributed by atoms with E-state index < -0.39 is 0 Å². The normalized spacial score (nSPS) is 10.6. The molecule has 0 atom stereocenters. The first-order chi connectivity index (χ1) is 9.29. The van der Waals surface area contributed by atoms with Crippen LogP contribution >= 0.6 is 11.6 Å². The predicted molar refractivity (Wildman–Crippen MR) is 80.1 cm³/mol. The van der Waals surface area contributed by atoms with Crippen LogP contribution in [0.4, 0.5) is 0 Å². The fourth-order valence-corrected chi connectivity index (χ4v) is 2.56. The van der Waals surface area contributed by atoms with Crippen molar-refractivity contribution in [1.29, 1.82) is 0 Å². The molecule has 0 aliphatic heterocycles. The molecular formula is C17H13ClO. The molecule has 1 aromatic carbocycles. The Morgan fingerprint density at radius 1 is 0.789 bits per heavy atom. The Morgan fingerprint density at radius 2 is 1.47 bits per heavy atom. The zero-order chi connectivity index (χ0) is 13.2. The Balaban J connectivity index is 2.16. The molecule has 0 bridgehead atoms. The Labute approximate surface area is 117 Å². The lowest BCUT2D eigenvalue weighted by molar-refractivity contribution is 0.415. The smallest absolute Gasteiger partial charge is 0.118 e. The number of hydrogen-bond acceptors (Lipinski definition) is 1. The largest absolute Gasteiger partial charge is 0.497 e. The fourth-order valence-electron chi connectivity index (χ4n) is 2.28. The molecule has 0 unspecified atom stereocenters. The standard InChI is InChI=1S/C17H13ClO/c1-19-13-9-7-12(8-10-13)16-11-17(18)15-6-4-2-3-5-14(15)16/h2-11H,1H3. The van der Waals surface area contributed by atoms with Crippen LogP contribution in [0.3, 0.4) is 0 Å². The van der Waals surface area contributed by atoms with E-state index in [0.29, 0.717) is 0 Å². The first kappa shape index (κ1) is 12.1. The maximum Gasteiger partial charge on any atom is 0.118 e. The van der Waals surface area contributed by atoms with Crippen LogP contribution in [0.2, 0.25) is 5.02 Å². The number of ether oxygens (including phenoxy) is 1. The fraction of sp³-hybridized carbons (Fsp3) is 0.0588. The number of halogens is 1. The molecule has 0 fully saturated rings. The molecule has 0 spiro atoms. The monoisotopic (exact) mass is 268 g/mol. The Hall–Kier alpha value is -1.99. The quantitative estimate of drug-likeness (QED) is 0.627. The molecular weight excluding hydrogens is 256 g/mol. The van der Waals surface area contributed by atoms with E-state index in [1.807, 2.05) is 42.5 Å². The van der Waals surface area contributed by atoms with E-state index in [4.69, 9.17) is 16.3 Å². The zero-order valence-electron chi connectivity index (χ0n) is 10.6. The first-order valence-electron chi connectivity index (χ1n) is 6.11. The second kappa shape index (κ2) is 4.94. The minimum absolute atomic E-state index is 0.789. The highest BCUT2D eigenvalue weighted by Gasteiger charge is 2.14. The average Bonchev–Trinajstić information content (AvgIpc) is 2.65. The highest BCUT2D eigenvalue weighted by Crippen LogP contribution is 2.41. The summed E-state index contributed by atoms with van der Waals surface area (Å²) in [6.07, 6.45) is 0. The molecule has 3 rings (SSSR count). The Kier molecular flexibility index (Phi) is 3.14. The van der Waals surface area contributed by atoms with E-state index in [1.165, 1.54) is 5.56 Å². The summed E-state index contributed by atoms with van der Waals surface area (Å²) in [5, 5.41) is 0.789. The number of methoxy groups -OCH3 is 1. The van der Waals surface area contributed by atoms with Crippen molar-refractivity contribution in [2.75, 3.05) is 7.11 Å². The van der Waals surface area contributed by atoms with E-state index >= 15 is 0 Å². The second-order valence-corrected chi connectivity index (χ2v) is 4.78. The zero-order valence-corrected chi connectivity index (χ0v) is 11.3. The van der Waals surface area contributed by atoms with E-state index in [2.05, 4.69) is 18.2 Å². The third-order valence-corrected chi connectivity index (χ3v) is 3.57. The molecule has 2 aliphatic rings. The van der Waals surface area contributed by atoms with Gasteiger partial charge in [0.25, 0.3) is 0 Å². The molecule has 1 nitrogen and oxygen atoms in total. The van der Waals surface area contributed by atoms with Gasteiger partial charge >= 0.3 is 0 Å². The van der Waals surface area contributed by atoms with Gasteiger partial charge in [0.2, 0.25) is 0 Å². The van der Waals surface area contributed by atoms with Crippen molar-refractivity contribution in [2.45, 2.75) is 0 Å². The van der Waals surface area contributed by atoms with Crippen LogP contribution in [0.25, 0.3) is 22.3 Å². The lowest BCUT2D eigenvalue weighted by Gasteiger charge is -2.04. The van der Waals surface area contributed by atoms with Gasteiger partial charge in [-0.25, -0.2) is 0 Å². The first-order valence-corrected chi connectivity index (χ1v) is 6.49. The summed E-state index contributed by atoms with van der Waals surface area (Å²) in [5.74, 6) is 0.858. The second-order valence-electron chi connectivity index (χ2n) is 4.37. The van der Waals surface area contributed by atoms with E-state index in [9.17, 15) is 0 Å². The maximum atomic E-state index is 6.32. The average molecular weight is 269 g/mol. The van der Waals surface area contributed by atoms with Gasteiger partial charge in [0.05, 0.1) is 7.11 Å². The Morgan fingerprint density at radius 3 is 2.16 bits per heavy atom. The van der Waals surface area contributed by atoms with Crippen LogP contribution in [-0.4, -0.2) is 7.11 Å². The van der Waals surface area contributed by atoms with Crippen LogP contribution in [0, 0.1) is 0 Å². The molecule has 0 saturated carbocycles. The molecule has 94 valence electrons. The van der Waals surface area contributed by atoms with Crippen LogP contribution in [0.1, 0.15) is 0 Å². The van der Waals surface area contributed by atoms with Crippen LogP contribution < -0.4 is 4.74 Å². The summed E-state index contributed by atoms with van der Waals surface area (Å²) < 4.78 is 5.19. The van der Waals surface area contributed by atoms with Crippen LogP contribution in [0.15, 0.2) is 60.7 Å². The van der Waals surface area contributed by atoms with Crippen molar-refractivity contribution < 1.29 is 4.74 Å². The maximum absolute atomic E-state index is 6.32. The van der Waals surface area contributed by atoms with E-state index in [1.54, 1.807) is 7.11 Å². The number of hydrogen-bond donors (Lipinski definition) is 0. The molecule has 0 heterocycles. The number of rotatable bonds is 2. The molecule has 0 amide bonds. The number of fused-ring (bicyclic) bond motifs is 1. The van der Waals surface area contributed by atoms with E-state index in [0.717, 1.165) is 27.5 Å². The van der Waals surface area contributed by atoms with Crippen molar-refractivity contribution in [2.24, 2.45) is 0 Å². The van der Waals surface area contributed by atoms with Gasteiger partial charge in [-0.3, -0.25) is 0 Å². The number of benzene rings is 1. The van der Waals surface area contributed by atoms with Crippen LogP contribution in [-0.2, 0) is 0 Å². The van der Waals surface area contributed by atoms with E-state index in [-0.39, 0.29) is 0 Å². The van der Waals surface area contributed by atoms with Gasteiger partial charge in [0.15, 0.2) is 0 Å². The highest BCUT2D eigenvalue weighted by atomic mass is 35.5. The molecule has 2 heteroatoms. The summed E-state index contributed by atoms with van der Waals surface area (Å²) >= 11 is 6.32. The summed E-state index contributed by atoms with van der Waals surface area (Å²) in [4.78, 5) is 0. The lowest BCUT2D eigenvalue weighted by Crippen LogP contribution is -1.82. The predicted octanol–water partition coefficient (Wildman–Crippen LogP) is 5.12.